The van der Waals surface area contributed by atoms with Gasteiger partial charge in [-0.15, -0.1) is 0 Å². The van der Waals surface area contributed by atoms with Crippen LogP contribution in [-0.4, -0.2) is 71.7 Å². The van der Waals surface area contributed by atoms with Gasteiger partial charge in [-0.3, -0.25) is 4.90 Å². The Balaban J connectivity index is 0.994. The average molecular weight is 582 g/mol. The van der Waals surface area contributed by atoms with Crippen molar-refractivity contribution in [3.05, 3.63) is 107 Å². The SMILES string of the molecule is O=C(NCc1ccccc1)NCc1ccc(CN2CCC(N3C(=O)N(C4CCOCC4)CC3c3ccccc3)CC2)cc1. The summed E-state index contributed by atoms with van der Waals surface area (Å²) in [6.07, 6.45) is 3.82. The van der Waals surface area contributed by atoms with E-state index < -0.39 is 0 Å². The van der Waals surface area contributed by atoms with Gasteiger partial charge >= 0.3 is 12.1 Å². The number of nitrogens with one attached hydrogen (secondary N) is 2. The minimum absolute atomic E-state index is 0.106. The van der Waals surface area contributed by atoms with E-state index in [9.17, 15) is 9.59 Å². The maximum Gasteiger partial charge on any atom is 0.321 e. The van der Waals surface area contributed by atoms with Gasteiger partial charge < -0.3 is 25.2 Å². The zero-order valence-corrected chi connectivity index (χ0v) is 24.9. The Kier molecular flexibility index (Phi) is 9.55. The highest BCUT2D eigenvalue weighted by atomic mass is 16.5. The molecule has 0 radical (unpaired) electrons. The third-order valence-electron chi connectivity index (χ3n) is 9.12. The van der Waals surface area contributed by atoms with Crippen LogP contribution >= 0.6 is 0 Å². The van der Waals surface area contributed by atoms with E-state index >= 15 is 0 Å². The van der Waals surface area contributed by atoms with E-state index in [1.54, 1.807) is 0 Å². The number of carbonyl (C=O) groups excluding carboxylic acids is 2. The van der Waals surface area contributed by atoms with Gasteiger partial charge in [0.1, 0.15) is 0 Å². The Bertz CT molecular complexity index is 1320. The minimum atomic E-state index is -0.169. The fourth-order valence-corrected chi connectivity index (χ4v) is 6.69. The van der Waals surface area contributed by atoms with Crippen LogP contribution in [0.3, 0.4) is 0 Å². The summed E-state index contributed by atoms with van der Waals surface area (Å²) in [4.78, 5) is 32.9. The van der Waals surface area contributed by atoms with Gasteiger partial charge in [-0.1, -0.05) is 84.9 Å². The number of carbonyl (C=O) groups is 2. The summed E-state index contributed by atoms with van der Waals surface area (Å²) in [7, 11) is 0. The fourth-order valence-electron chi connectivity index (χ4n) is 6.69. The Hall–Kier alpha value is -3.88. The molecular weight excluding hydrogens is 538 g/mol. The maximum atomic E-state index is 13.9. The summed E-state index contributed by atoms with van der Waals surface area (Å²) in [6, 6.07) is 29.6. The predicted octanol–water partition coefficient (Wildman–Crippen LogP) is 5.31. The summed E-state index contributed by atoms with van der Waals surface area (Å²) in [5.74, 6) is 0. The molecule has 8 heteroatoms. The molecule has 8 nitrogen and oxygen atoms in total. The van der Waals surface area contributed by atoms with Crippen molar-refractivity contribution in [1.82, 2.24) is 25.3 Å². The number of urea groups is 2. The number of piperidine rings is 1. The van der Waals surface area contributed by atoms with Crippen molar-refractivity contribution >= 4 is 12.1 Å². The first-order chi connectivity index (χ1) is 21.1. The van der Waals surface area contributed by atoms with Crippen molar-refractivity contribution in [3.63, 3.8) is 0 Å². The quantitative estimate of drug-likeness (QED) is 0.359. The van der Waals surface area contributed by atoms with Crippen LogP contribution in [0.5, 0.6) is 0 Å². The summed E-state index contributed by atoms with van der Waals surface area (Å²) in [6.45, 7) is 6.08. The van der Waals surface area contributed by atoms with Crippen LogP contribution in [0, 0.1) is 0 Å². The van der Waals surface area contributed by atoms with Crippen LogP contribution in [0.15, 0.2) is 84.9 Å². The van der Waals surface area contributed by atoms with Crippen LogP contribution in [0.2, 0.25) is 0 Å². The predicted molar refractivity (Wildman–Crippen MR) is 167 cm³/mol. The van der Waals surface area contributed by atoms with Crippen LogP contribution < -0.4 is 10.6 Å². The van der Waals surface area contributed by atoms with Crippen LogP contribution in [0.4, 0.5) is 9.59 Å². The molecule has 4 amide bonds. The molecule has 3 aromatic carbocycles. The molecule has 0 spiro atoms. The van der Waals surface area contributed by atoms with Crippen molar-refractivity contribution in [2.45, 2.75) is 63.4 Å². The van der Waals surface area contributed by atoms with E-state index in [4.69, 9.17) is 4.74 Å². The zero-order valence-electron chi connectivity index (χ0n) is 24.9. The topological polar surface area (TPSA) is 77.2 Å². The van der Waals surface area contributed by atoms with Crippen molar-refractivity contribution < 1.29 is 14.3 Å². The first-order valence-electron chi connectivity index (χ1n) is 15.7. The molecule has 3 saturated heterocycles. The molecule has 3 aliphatic rings. The summed E-state index contributed by atoms with van der Waals surface area (Å²) in [5.41, 5.74) is 4.65. The van der Waals surface area contributed by atoms with E-state index in [1.807, 2.05) is 36.4 Å². The molecule has 0 aliphatic carbocycles. The normalized spacial score (nSPS) is 20.4. The first kappa shape index (κ1) is 29.2. The van der Waals surface area contributed by atoms with Crippen molar-refractivity contribution in [2.24, 2.45) is 0 Å². The highest BCUT2D eigenvalue weighted by Crippen LogP contribution is 2.37. The second-order valence-corrected chi connectivity index (χ2v) is 12.0. The highest BCUT2D eigenvalue weighted by molar-refractivity contribution is 5.78. The zero-order chi connectivity index (χ0) is 29.4. The third kappa shape index (κ3) is 7.37. The Morgan fingerprint density at radius 2 is 1.30 bits per heavy atom. The summed E-state index contributed by atoms with van der Waals surface area (Å²) in [5, 5.41) is 5.85. The molecule has 3 heterocycles. The number of ether oxygens (including phenoxy) is 1. The number of likely N-dealkylation sites (tertiary alicyclic amines) is 1. The van der Waals surface area contributed by atoms with Crippen LogP contribution in [-0.2, 0) is 24.4 Å². The van der Waals surface area contributed by atoms with E-state index in [-0.39, 0.29) is 30.2 Å². The standard InChI is InChI=1S/C35H43N5O3/c41-34(36-23-27-7-3-1-4-8-27)37-24-28-11-13-29(14-12-28)25-38-19-15-32(16-20-38)40-33(30-9-5-2-6-10-30)26-39(35(40)42)31-17-21-43-22-18-31/h1-14,31-33H,15-26H2,(H2,36,37,41). The van der Waals surface area contributed by atoms with E-state index in [2.05, 4.69) is 73.9 Å². The molecule has 3 fully saturated rings. The minimum Gasteiger partial charge on any atom is -0.381 e. The lowest BCUT2D eigenvalue weighted by atomic mass is 9.98. The molecule has 0 bridgehead atoms. The highest BCUT2D eigenvalue weighted by Gasteiger charge is 2.45. The van der Waals surface area contributed by atoms with Crippen LogP contribution in [0.1, 0.15) is 54.0 Å². The van der Waals surface area contributed by atoms with Gasteiger partial charge in [0.15, 0.2) is 0 Å². The Labute approximate surface area is 255 Å². The Morgan fingerprint density at radius 1 is 0.721 bits per heavy atom. The van der Waals surface area contributed by atoms with Gasteiger partial charge in [0.25, 0.3) is 0 Å². The van der Waals surface area contributed by atoms with Gasteiger partial charge in [-0.05, 0) is 47.9 Å². The van der Waals surface area contributed by atoms with Crippen LogP contribution in [0.25, 0.3) is 0 Å². The van der Waals surface area contributed by atoms with Crippen molar-refractivity contribution in [2.75, 3.05) is 32.8 Å². The Morgan fingerprint density at radius 3 is 1.95 bits per heavy atom. The van der Waals surface area contributed by atoms with Gasteiger partial charge in [-0.25, -0.2) is 9.59 Å². The van der Waals surface area contributed by atoms with Gasteiger partial charge in [0.05, 0.1) is 6.04 Å². The molecule has 2 N–H and O–H groups in total. The lowest BCUT2D eigenvalue weighted by Gasteiger charge is -2.39. The number of amides is 4. The molecular formula is C35H43N5O3. The van der Waals surface area contributed by atoms with E-state index in [1.165, 1.54) is 11.1 Å². The molecule has 1 atom stereocenters. The number of hydrogen-bond donors (Lipinski definition) is 2. The molecule has 0 saturated carbocycles. The molecule has 0 aromatic heterocycles. The van der Waals surface area contributed by atoms with Crippen molar-refractivity contribution in [3.8, 4) is 0 Å². The van der Waals surface area contributed by atoms with Gasteiger partial charge in [-0.2, -0.15) is 0 Å². The molecule has 1 unspecified atom stereocenters. The maximum absolute atomic E-state index is 13.9. The number of nitrogens with zero attached hydrogens (tertiary/aromatic N) is 3. The molecule has 226 valence electrons. The fraction of sp³-hybridized carbons (Fsp3) is 0.429. The summed E-state index contributed by atoms with van der Waals surface area (Å²) >= 11 is 0. The van der Waals surface area contributed by atoms with Gasteiger partial charge in [0.2, 0.25) is 0 Å². The molecule has 43 heavy (non-hydrogen) atoms. The first-order valence-corrected chi connectivity index (χ1v) is 15.7. The smallest absolute Gasteiger partial charge is 0.321 e. The molecule has 6 rings (SSSR count). The number of benzene rings is 3. The average Bonchev–Trinajstić information content (AvgIpc) is 3.42. The van der Waals surface area contributed by atoms with E-state index in [0.717, 1.165) is 76.2 Å². The monoisotopic (exact) mass is 581 g/mol. The number of hydrogen-bond acceptors (Lipinski definition) is 4. The third-order valence-corrected chi connectivity index (χ3v) is 9.12. The summed E-state index contributed by atoms with van der Waals surface area (Å²) < 4.78 is 5.58. The van der Waals surface area contributed by atoms with Crippen molar-refractivity contribution in [1.29, 1.82) is 0 Å². The lowest BCUT2D eigenvalue weighted by Crippen LogP contribution is -2.48. The number of rotatable bonds is 9. The van der Waals surface area contributed by atoms with Gasteiger partial charge in [0, 0.05) is 64.6 Å². The second kappa shape index (κ2) is 14.1. The lowest BCUT2D eigenvalue weighted by molar-refractivity contribution is 0.0493. The second-order valence-electron chi connectivity index (χ2n) is 12.0. The molecule has 3 aliphatic heterocycles. The van der Waals surface area contributed by atoms with E-state index in [0.29, 0.717) is 13.1 Å². The molecule has 3 aromatic rings. The largest absolute Gasteiger partial charge is 0.381 e.